The molecule has 9 heteroatoms. The third-order valence-electron chi connectivity index (χ3n) is 4.26. The van der Waals surface area contributed by atoms with Crippen molar-refractivity contribution in [3.05, 3.63) is 69.8 Å². The lowest BCUT2D eigenvalue weighted by molar-refractivity contribution is -0.386. The molecule has 0 radical (unpaired) electrons. The van der Waals surface area contributed by atoms with Crippen LogP contribution in [0.3, 0.4) is 0 Å². The maximum atomic E-state index is 12.1. The number of benzene rings is 1. The summed E-state index contributed by atoms with van der Waals surface area (Å²) in [5.74, 6) is -0.233. The first-order valence-corrected chi connectivity index (χ1v) is 8.50. The van der Waals surface area contributed by atoms with Gasteiger partial charge in [0, 0.05) is 18.9 Å². The van der Waals surface area contributed by atoms with Gasteiger partial charge in [-0.15, -0.1) is 0 Å². The third-order valence-corrected chi connectivity index (χ3v) is 4.26. The van der Waals surface area contributed by atoms with Gasteiger partial charge in [-0.25, -0.2) is 4.68 Å². The molecule has 1 N–H and O–H groups in total. The van der Waals surface area contributed by atoms with E-state index in [1.165, 1.54) is 4.68 Å². The number of hydrogen-bond acceptors (Lipinski definition) is 5. The summed E-state index contributed by atoms with van der Waals surface area (Å²) in [6.45, 7) is 3.58. The van der Waals surface area contributed by atoms with Crippen molar-refractivity contribution in [1.82, 2.24) is 24.9 Å². The van der Waals surface area contributed by atoms with E-state index in [0.29, 0.717) is 24.4 Å². The summed E-state index contributed by atoms with van der Waals surface area (Å²) in [7, 11) is 0. The van der Waals surface area contributed by atoms with Gasteiger partial charge < -0.3 is 5.32 Å². The summed E-state index contributed by atoms with van der Waals surface area (Å²) in [6, 6.07) is 9.79. The van der Waals surface area contributed by atoms with Crippen molar-refractivity contribution >= 4 is 11.6 Å². The first-order valence-electron chi connectivity index (χ1n) is 8.50. The van der Waals surface area contributed by atoms with Crippen LogP contribution in [0, 0.1) is 24.0 Å². The smallest absolute Gasteiger partial charge is 0.312 e. The molecule has 2 aromatic heterocycles. The van der Waals surface area contributed by atoms with Gasteiger partial charge in [0.25, 0.3) is 0 Å². The van der Waals surface area contributed by atoms with Gasteiger partial charge in [-0.3, -0.25) is 19.6 Å². The lowest BCUT2D eigenvalue weighted by Crippen LogP contribution is -2.30. The van der Waals surface area contributed by atoms with Crippen molar-refractivity contribution < 1.29 is 9.72 Å². The zero-order valence-corrected chi connectivity index (χ0v) is 15.1. The monoisotopic (exact) mass is 368 g/mol. The topological polar surface area (TPSA) is 108 Å². The minimum atomic E-state index is -0.473. The number of rotatable bonds is 7. The van der Waals surface area contributed by atoms with Crippen molar-refractivity contribution in [3.8, 4) is 5.69 Å². The highest BCUT2D eigenvalue weighted by Crippen LogP contribution is 2.21. The Morgan fingerprint density at radius 1 is 1.26 bits per heavy atom. The first-order chi connectivity index (χ1) is 13.0. The molecular weight excluding hydrogens is 348 g/mol. The molecule has 0 saturated heterocycles. The fourth-order valence-electron chi connectivity index (χ4n) is 2.88. The van der Waals surface area contributed by atoms with E-state index in [2.05, 4.69) is 15.5 Å². The van der Waals surface area contributed by atoms with E-state index in [1.54, 1.807) is 24.7 Å². The molecule has 3 rings (SSSR count). The van der Waals surface area contributed by atoms with E-state index in [4.69, 9.17) is 0 Å². The molecule has 0 aliphatic heterocycles. The Labute approximate surface area is 155 Å². The van der Waals surface area contributed by atoms with Crippen LogP contribution >= 0.6 is 0 Å². The van der Waals surface area contributed by atoms with E-state index >= 15 is 0 Å². The summed E-state index contributed by atoms with van der Waals surface area (Å²) in [5, 5.41) is 22.1. The van der Waals surface area contributed by atoms with Crippen molar-refractivity contribution in [2.24, 2.45) is 0 Å². The highest BCUT2D eigenvalue weighted by Gasteiger charge is 2.22. The fraction of sp³-hybridized carbons (Fsp3) is 0.278. The molecule has 0 bridgehead atoms. The number of carbonyl (C=O) groups is 1. The van der Waals surface area contributed by atoms with E-state index in [9.17, 15) is 14.9 Å². The van der Waals surface area contributed by atoms with Gasteiger partial charge in [0.05, 0.1) is 10.6 Å². The predicted octanol–water partition coefficient (Wildman–Crippen LogP) is 1.95. The van der Waals surface area contributed by atoms with Gasteiger partial charge in [-0.05, 0) is 44.0 Å². The van der Waals surface area contributed by atoms with Gasteiger partial charge in [0.1, 0.15) is 17.9 Å². The molecule has 0 saturated carbocycles. The SMILES string of the molecule is Cc1nn(CC(=O)NCCc2ccc(-n3cccn3)cc2)c(C)c1[N+](=O)[O-]. The Morgan fingerprint density at radius 3 is 2.59 bits per heavy atom. The van der Waals surface area contributed by atoms with Crippen LogP contribution in [-0.4, -0.2) is 36.9 Å². The molecule has 3 aromatic rings. The average Bonchev–Trinajstić information content (AvgIpc) is 3.24. The molecule has 1 aromatic carbocycles. The Kier molecular flexibility index (Phi) is 5.30. The van der Waals surface area contributed by atoms with E-state index in [-0.39, 0.29) is 18.1 Å². The molecule has 2 heterocycles. The quantitative estimate of drug-likeness (QED) is 0.506. The lowest BCUT2D eigenvalue weighted by atomic mass is 10.1. The number of nitrogens with zero attached hydrogens (tertiary/aromatic N) is 5. The van der Waals surface area contributed by atoms with Crippen LogP contribution in [0.2, 0.25) is 0 Å². The highest BCUT2D eigenvalue weighted by molar-refractivity contribution is 5.75. The molecule has 27 heavy (non-hydrogen) atoms. The van der Waals surface area contributed by atoms with Gasteiger partial charge in [-0.1, -0.05) is 12.1 Å². The summed E-state index contributed by atoms with van der Waals surface area (Å²) < 4.78 is 3.14. The van der Waals surface area contributed by atoms with Crippen molar-refractivity contribution in [2.75, 3.05) is 6.54 Å². The van der Waals surface area contributed by atoms with Crippen molar-refractivity contribution in [1.29, 1.82) is 0 Å². The van der Waals surface area contributed by atoms with Gasteiger partial charge in [-0.2, -0.15) is 10.2 Å². The Bertz CT molecular complexity index is 944. The van der Waals surface area contributed by atoms with Crippen molar-refractivity contribution in [3.63, 3.8) is 0 Å². The number of carbonyl (C=O) groups excluding carboxylic acids is 1. The van der Waals surface area contributed by atoms with Gasteiger partial charge >= 0.3 is 5.69 Å². The normalized spacial score (nSPS) is 10.7. The number of amides is 1. The van der Waals surface area contributed by atoms with Crippen LogP contribution in [0.15, 0.2) is 42.7 Å². The average molecular weight is 368 g/mol. The van der Waals surface area contributed by atoms with Crippen LogP contribution in [0.4, 0.5) is 5.69 Å². The standard InChI is InChI=1S/C18H20N6O3/c1-13-18(24(26)27)14(2)23(21-13)12-17(25)19-10-8-15-4-6-16(7-5-15)22-11-3-9-20-22/h3-7,9,11H,8,10,12H2,1-2H3,(H,19,25). The van der Waals surface area contributed by atoms with Crippen LogP contribution < -0.4 is 5.32 Å². The minimum Gasteiger partial charge on any atom is -0.354 e. The first kappa shape index (κ1) is 18.3. The molecule has 0 aliphatic carbocycles. The molecule has 0 atom stereocenters. The van der Waals surface area contributed by atoms with Crippen LogP contribution in [0.25, 0.3) is 5.69 Å². The molecule has 0 spiro atoms. The lowest BCUT2D eigenvalue weighted by Gasteiger charge is -2.07. The van der Waals surface area contributed by atoms with E-state index in [1.807, 2.05) is 36.5 Å². The maximum Gasteiger partial charge on any atom is 0.312 e. The second-order valence-electron chi connectivity index (χ2n) is 6.15. The molecule has 9 nitrogen and oxygen atoms in total. The van der Waals surface area contributed by atoms with Gasteiger partial charge in [0.2, 0.25) is 5.91 Å². The second kappa shape index (κ2) is 7.81. The van der Waals surface area contributed by atoms with E-state index in [0.717, 1.165) is 11.3 Å². The van der Waals surface area contributed by atoms with Gasteiger partial charge in [0.15, 0.2) is 0 Å². The zero-order chi connectivity index (χ0) is 19.4. The molecular formula is C18H20N6O3. The number of hydrogen-bond donors (Lipinski definition) is 1. The molecule has 1 amide bonds. The van der Waals surface area contributed by atoms with Crippen molar-refractivity contribution in [2.45, 2.75) is 26.8 Å². The summed E-state index contributed by atoms with van der Waals surface area (Å²) in [5.41, 5.74) is 2.70. The molecule has 0 unspecified atom stereocenters. The molecule has 140 valence electrons. The summed E-state index contributed by atoms with van der Waals surface area (Å²) >= 11 is 0. The summed E-state index contributed by atoms with van der Waals surface area (Å²) in [6.07, 6.45) is 4.28. The minimum absolute atomic E-state index is 0.0416. The largest absolute Gasteiger partial charge is 0.354 e. The fourth-order valence-corrected chi connectivity index (χ4v) is 2.88. The summed E-state index contributed by atoms with van der Waals surface area (Å²) in [4.78, 5) is 22.6. The van der Waals surface area contributed by atoms with Crippen LogP contribution in [0.1, 0.15) is 17.0 Å². The highest BCUT2D eigenvalue weighted by atomic mass is 16.6. The Hall–Kier alpha value is -3.49. The molecule has 0 fully saturated rings. The molecule has 0 aliphatic rings. The number of aromatic nitrogens is 4. The Balaban J connectivity index is 1.51. The van der Waals surface area contributed by atoms with Crippen LogP contribution in [-0.2, 0) is 17.8 Å². The number of nitrogens with one attached hydrogen (secondary N) is 1. The Morgan fingerprint density at radius 2 is 2.00 bits per heavy atom. The number of nitro groups is 1. The third kappa shape index (κ3) is 4.20. The second-order valence-corrected chi connectivity index (χ2v) is 6.15. The predicted molar refractivity (Wildman–Crippen MR) is 98.6 cm³/mol. The van der Waals surface area contributed by atoms with Crippen LogP contribution in [0.5, 0.6) is 0 Å². The maximum absolute atomic E-state index is 12.1. The number of aryl methyl sites for hydroxylation is 1. The van der Waals surface area contributed by atoms with E-state index < -0.39 is 4.92 Å². The zero-order valence-electron chi connectivity index (χ0n) is 15.1.